The number of hydrogen-bond acceptors (Lipinski definition) is 6. The summed E-state index contributed by atoms with van der Waals surface area (Å²) in [6.45, 7) is 0. The molecule has 0 radical (unpaired) electrons. The van der Waals surface area contributed by atoms with Crippen molar-refractivity contribution in [2.45, 2.75) is 0 Å². The predicted octanol–water partition coefficient (Wildman–Crippen LogP) is 4.06. The van der Waals surface area contributed by atoms with Gasteiger partial charge in [0, 0.05) is 0 Å². The molecule has 1 fully saturated rings. The Bertz CT molecular complexity index is 657. The summed E-state index contributed by atoms with van der Waals surface area (Å²) in [5.74, 6) is 0. The number of anilines is 3. The Morgan fingerprint density at radius 1 is 0.375 bits per heavy atom. The molecule has 1 aliphatic rings. The topological polar surface area (TPSA) is 37.4 Å². The van der Waals surface area contributed by atoms with Crippen LogP contribution in [0.25, 0.3) is 0 Å². The van der Waals surface area contributed by atoms with E-state index in [-0.39, 0.29) is 0 Å². The van der Waals surface area contributed by atoms with Crippen LogP contribution >= 0.6 is 0 Å². The van der Waals surface area contributed by atoms with E-state index in [1.165, 1.54) is 15.7 Å². The summed E-state index contributed by atoms with van der Waals surface area (Å²) in [7, 11) is 0. The molecule has 1 aliphatic heterocycles. The summed E-state index contributed by atoms with van der Waals surface area (Å²) in [4.78, 5) is 17.1. The van der Waals surface area contributed by atoms with Crippen LogP contribution in [0.15, 0.2) is 91.0 Å². The first kappa shape index (κ1) is 14.5. The van der Waals surface area contributed by atoms with Gasteiger partial charge in [-0.1, -0.05) is 85.1 Å². The molecular weight excluding hydrogens is 306 g/mol. The minimum atomic E-state index is 0.725. The monoisotopic (exact) mass is 321 g/mol. The molecule has 120 valence electrons. The molecule has 3 aromatic rings. The zero-order valence-electron chi connectivity index (χ0n) is 12.7. The second-order valence-corrected chi connectivity index (χ2v) is 5.02. The summed E-state index contributed by atoms with van der Waals surface area (Å²) in [6, 6.07) is 28.4. The van der Waals surface area contributed by atoms with Crippen LogP contribution in [0, 0.1) is 0 Å². The lowest BCUT2D eigenvalue weighted by Crippen LogP contribution is -2.50. The van der Waals surface area contributed by atoms with Gasteiger partial charge in [0.1, 0.15) is 0 Å². The highest BCUT2D eigenvalue weighted by Gasteiger charge is 2.29. The first-order chi connectivity index (χ1) is 11.9. The van der Waals surface area contributed by atoms with Crippen LogP contribution in [0.4, 0.5) is 17.1 Å². The number of nitrogens with zero attached hydrogens (tertiary/aromatic N) is 3. The van der Waals surface area contributed by atoms with Gasteiger partial charge in [-0.3, -0.25) is 0 Å². The number of rotatable bonds is 3. The average Bonchev–Trinajstić information content (AvgIpc) is 2.70. The van der Waals surface area contributed by atoms with E-state index in [1.54, 1.807) is 0 Å². The molecule has 1 heterocycles. The molecule has 0 aliphatic carbocycles. The van der Waals surface area contributed by atoms with Crippen molar-refractivity contribution < 1.29 is 14.8 Å². The zero-order valence-corrected chi connectivity index (χ0v) is 12.7. The lowest BCUT2D eigenvalue weighted by Gasteiger charge is -2.38. The van der Waals surface area contributed by atoms with E-state index in [0.29, 0.717) is 0 Å². The van der Waals surface area contributed by atoms with Crippen molar-refractivity contribution in [3.63, 3.8) is 0 Å². The minimum absolute atomic E-state index is 0.725. The molecule has 0 N–H and O–H groups in total. The quantitative estimate of drug-likeness (QED) is 0.724. The van der Waals surface area contributed by atoms with E-state index in [1.807, 2.05) is 91.0 Å². The summed E-state index contributed by atoms with van der Waals surface area (Å²) < 4.78 is 0. The van der Waals surface area contributed by atoms with Crippen molar-refractivity contribution in [2.75, 3.05) is 15.7 Å². The Morgan fingerprint density at radius 2 is 0.625 bits per heavy atom. The molecule has 0 saturated carbocycles. The van der Waals surface area contributed by atoms with Crippen LogP contribution in [-0.2, 0) is 14.8 Å². The molecule has 0 spiro atoms. The molecule has 1 saturated heterocycles. The van der Waals surface area contributed by atoms with Crippen molar-refractivity contribution in [1.82, 2.24) is 0 Å². The van der Waals surface area contributed by atoms with Crippen molar-refractivity contribution in [2.24, 2.45) is 0 Å². The van der Waals surface area contributed by atoms with E-state index >= 15 is 0 Å². The average molecular weight is 321 g/mol. The fraction of sp³-hybridized carbons (Fsp3) is 0. The van der Waals surface area contributed by atoms with Crippen molar-refractivity contribution in [3.8, 4) is 0 Å². The van der Waals surface area contributed by atoms with Crippen LogP contribution in [0.3, 0.4) is 0 Å². The summed E-state index contributed by atoms with van der Waals surface area (Å²) in [5.41, 5.74) is 2.17. The highest BCUT2D eigenvalue weighted by molar-refractivity contribution is 5.47. The summed E-state index contributed by atoms with van der Waals surface area (Å²) in [5, 5.41) is 3.84. The van der Waals surface area contributed by atoms with Crippen LogP contribution < -0.4 is 15.7 Å². The summed E-state index contributed by atoms with van der Waals surface area (Å²) >= 11 is 0. The molecule has 3 aromatic carbocycles. The van der Waals surface area contributed by atoms with E-state index in [4.69, 9.17) is 14.8 Å². The maximum Gasteiger partial charge on any atom is 0.0998 e. The van der Waals surface area contributed by atoms with E-state index < -0.39 is 0 Å². The number of benzene rings is 3. The molecule has 0 atom stereocenters. The van der Waals surface area contributed by atoms with Crippen molar-refractivity contribution in [3.05, 3.63) is 91.0 Å². The molecule has 6 nitrogen and oxygen atoms in total. The molecule has 0 amide bonds. The van der Waals surface area contributed by atoms with Crippen LogP contribution in [0.2, 0.25) is 0 Å². The first-order valence-corrected chi connectivity index (χ1v) is 7.50. The Balaban J connectivity index is 1.66. The maximum atomic E-state index is 5.69. The Labute approximate surface area is 139 Å². The lowest BCUT2D eigenvalue weighted by atomic mass is 10.3. The molecule has 4 rings (SSSR count). The number of hydrogen-bond donors (Lipinski definition) is 0. The van der Waals surface area contributed by atoms with Gasteiger partial charge in [-0.15, -0.1) is 0 Å². The first-order valence-electron chi connectivity index (χ1n) is 7.50. The molecule has 0 aromatic heterocycles. The summed E-state index contributed by atoms with van der Waals surface area (Å²) in [6.07, 6.45) is 0. The van der Waals surface area contributed by atoms with Crippen LogP contribution in [-0.4, -0.2) is 0 Å². The van der Waals surface area contributed by atoms with Crippen molar-refractivity contribution in [1.29, 1.82) is 0 Å². The predicted molar refractivity (Wildman–Crippen MR) is 90.0 cm³/mol. The van der Waals surface area contributed by atoms with Gasteiger partial charge < -0.3 is 0 Å². The standard InChI is InChI=1S/C18H15N3O3/c1-4-10-16(11-5-1)19-22-20(17-12-6-2-7-13-17)24-21(23-19)18-14-8-3-9-15-18/h1-15H. The zero-order chi connectivity index (χ0) is 16.2. The van der Waals surface area contributed by atoms with Crippen molar-refractivity contribution >= 4 is 17.1 Å². The molecule has 0 unspecified atom stereocenters. The van der Waals surface area contributed by atoms with E-state index in [2.05, 4.69) is 0 Å². The van der Waals surface area contributed by atoms with Crippen LogP contribution in [0.5, 0.6) is 0 Å². The fourth-order valence-electron chi connectivity index (χ4n) is 2.18. The largest absolute Gasteiger partial charge is 0.0998 e. The molecule has 24 heavy (non-hydrogen) atoms. The van der Waals surface area contributed by atoms with Gasteiger partial charge in [0.25, 0.3) is 0 Å². The lowest BCUT2D eigenvalue weighted by molar-refractivity contribution is -0.305. The van der Waals surface area contributed by atoms with Gasteiger partial charge in [-0.05, 0) is 36.4 Å². The highest BCUT2D eigenvalue weighted by Crippen LogP contribution is 2.28. The SMILES string of the molecule is c1ccc(N2ON(c3ccccc3)ON(c3ccccc3)O2)cc1. The normalized spacial score (nSPS) is 14.8. The molecular formula is C18H15N3O3. The second kappa shape index (κ2) is 6.59. The Kier molecular flexibility index (Phi) is 3.99. The fourth-order valence-corrected chi connectivity index (χ4v) is 2.18. The van der Waals surface area contributed by atoms with Gasteiger partial charge in [-0.2, -0.15) is 0 Å². The van der Waals surface area contributed by atoms with Gasteiger partial charge in [-0.25, -0.2) is 0 Å². The maximum absolute atomic E-state index is 5.69. The highest BCUT2D eigenvalue weighted by atomic mass is 17.3. The number of para-hydroxylation sites is 3. The van der Waals surface area contributed by atoms with Crippen LogP contribution in [0.1, 0.15) is 0 Å². The third-order valence-electron chi connectivity index (χ3n) is 3.35. The van der Waals surface area contributed by atoms with Gasteiger partial charge in [0.2, 0.25) is 0 Å². The van der Waals surface area contributed by atoms with Gasteiger partial charge in [0.05, 0.1) is 17.1 Å². The minimum Gasteiger partial charge on any atom is -0.0958 e. The van der Waals surface area contributed by atoms with E-state index in [9.17, 15) is 0 Å². The smallest absolute Gasteiger partial charge is 0.0958 e. The van der Waals surface area contributed by atoms with Gasteiger partial charge >= 0.3 is 0 Å². The van der Waals surface area contributed by atoms with Gasteiger partial charge in [0.15, 0.2) is 0 Å². The molecule has 6 heteroatoms. The third-order valence-corrected chi connectivity index (χ3v) is 3.35. The third kappa shape index (κ3) is 3.02. The Hall–Kier alpha value is -3.06. The second-order valence-electron chi connectivity index (χ2n) is 5.02. The molecule has 0 bridgehead atoms. The Morgan fingerprint density at radius 3 is 0.875 bits per heavy atom. The van der Waals surface area contributed by atoms with E-state index in [0.717, 1.165) is 17.1 Å².